The van der Waals surface area contributed by atoms with Crippen molar-refractivity contribution in [3.63, 3.8) is 0 Å². The molecule has 0 bridgehead atoms. The number of amides is 2. The number of aliphatic imine (C=N–C) groups is 1. The number of halogens is 1. The van der Waals surface area contributed by atoms with E-state index in [1.165, 1.54) is 0 Å². The smallest absolute Gasteiger partial charge is 0.252 e. The Kier molecular flexibility index (Phi) is 4.78. The Morgan fingerprint density at radius 1 is 1.39 bits per heavy atom. The third-order valence-electron chi connectivity index (χ3n) is 3.65. The van der Waals surface area contributed by atoms with Crippen LogP contribution in [0.1, 0.15) is 6.42 Å². The van der Waals surface area contributed by atoms with Crippen LogP contribution in [-0.2, 0) is 14.3 Å². The molecule has 1 atom stereocenters. The minimum absolute atomic E-state index is 0.0229. The zero-order valence-electron chi connectivity index (χ0n) is 12.4. The van der Waals surface area contributed by atoms with Gasteiger partial charge in [0.1, 0.15) is 6.04 Å². The molecule has 1 aromatic carbocycles. The quantitative estimate of drug-likeness (QED) is 0.857. The number of benzene rings is 1. The van der Waals surface area contributed by atoms with Gasteiger partial charge in [-0.2, -0.15) is 0 Å². The summed E-state index contributed by atoms with van der Waals surface area (Å²) in [7, 11) is 0. The summed E-state index contributed by atoms with van der Waals surface area (Å²) in [6.07, 6.45) is -0.0229. The van der Waals surface area contributed by atoms with Gasteiger partial charge in [-0.25, -0.2) is 4.99 Å². The number of rotatable bonds is 3. The van der Waals surface area contributed by atoms with Crippen LogP contribution in [0, 0.1) is 0 Å². The molecule has 0 aromatic heterocycles. The molecule has 23 heavy (non-hydrogen) atoms. The summed E-state index contributed by atoms with van der Waals surface area (Å²) in [5.41, 5.74) is 0.523. The monoisotopic (exact) mass is 336 g/mol. The highest BCUT2D eigenvalue weighted by molar-refractivity contribution is 6.33. The first-order valence-electron chi connectivity index (χ1n) is 7.39. The van der Waals surface area contributed by atoms with Gasteiger partial charge >= 0.3 is 0 Å². The van der Waals surface area contributed by atoms with E-state index < -0.39 is 6.04 Å². The molecule has 1 fully saturated rings. The van der Waals surface area contributed by atoms with Crippen LogP contribution in [0.5, 0.6) is 0 Å². The van der Waals surface area contributed by atoms with Crippen LogP contribution in [0.15, 0.2) is 29.3 Å². The van der Waals surface area contributed by atoms with Gasteiger partial charge in [0.2, 0.25) is 11.9 Å². The van der Waals surface area contributed by atoms with Crippen LogP contribution < -0.4 is 10.6 Å². The first kappa shape index (κ1) is 15.8. The molecule has 2 amide bonds. The second kappa shape index (κ2) is 6.97. The standard InChI is InChI=1S/C15H17ClN4O3/c16-10-3-1-2-4-11(10)17-13(21)9-12-14(22)19-15(18-12)20-5-7-23-8-6-20/h1-4,12H,5-9H2,(H,17,21)(H,18,19,22)/t12-/m1/s1. The lowest BCUT2D eigenvalue weighted by Crippen LogP contribution is -2.46. The van der Waals surface area contributed by atoms with E-state index in [0.29, 0.717) is 43.0 Å². The lowest BCUT2D eigenvalue weighted by atomic mass is 10.2. The minimum atomic E-state index is -0.713. The molecule has 0 unspecified atom stereocenters. The molecule has 0 aliphatic carbocycles. The van der Waals surface area contributed by atoms with Crippen molar-refractivity contribution in [2.45, 2.75) is 12.5 Å². The summed E-state index contributed by atoms with van der Waals surface area (Å²) in [5, 5.41) is 5.88. The van der Waals surface area contributed by atoms with E-state index in [1.54, 1.807) is 24.3 Å². The molecule has 7 nitrogen and oxygen atoms in total. The number of morpholine rings is 1. The van der Waals surface area contributed by atoms with Crippen LogP contribution in [0.2, 0.25) is 5.02 Å². The van der Waals surface area contributed by atoms with Crippen LogP contribution in [0.4, 0.5) is 5.69 Å². The number of guanidine groups is 1. The molecule has 8 heteroatoms. The van der Waals surface area contributed by atoms with Crippen molar-refractivity contribution < 1.29 is 14.3 Å². The van der Waals surface area contributed by atoms with Crippen molar-refractivity contribution in [1.29, 1.82) is 0 Å². The van der Waals surface area contributed by atoms with Gasteiger partial charge in [0, 0.05) is 13.1 Å². The predicted molar refractivity (Wildman–Crippen MR) is 86.5 cm³/mol. The highest BCUT2D eigenvalue weighted by Gasteiger charge is 2.31. The van der Waals surface area contributed by atoms with Gasteiger partial charge in [-0.3, -0.25) is 14.9 Å². The van der Waals surface area contributed by atoms with Crippen LogP contribution in [0.25, 0.3) is 0 Å². The number of anilines is 1. The third-order valence-corrected chi connectivity index (χ3v) is 3.98. The first-order valence-corrected chi connectivity index (χ1v) is 7.77. The molecule has 2 aliphatic heterocycles. The van der Waals surface area contributed by atoms with Gasteiger partial charge in [-0.15, -0.1) is 0 Å². The van der Waals surface area contributed by atoms with Gasteiger partial charge in [0.05, 0.1) is 30.3 Å². The Morgan fingerprint density at radius 2 is 2.13 bits per heavy atom. The fraction of sp³-hybridized carbons (Fsp3) is 0.400. The Balaban J connectivity index is 1.60. The first-order chi connectivity index (χ1) is 11.1. The van der Waals surface area contributed by atoms with Crippen LogP contribution in [-0.4, -0.2) is 55.0 Å². The molecule has 2 heterocycles. The van der Waals surface area contributed by atoms with E-state index in [4.69, 9.17) is 16.3 Å². The largest absolute Gasteiger partial charge is 0.378 e. The number of hydrogen-bond donors (Lipinski definition) is 2. The SMILES string of the molecule is O=C(C[C@H]1N=C(N2CCOCC2)NC1=O)Nc1ccccc1Cl. The molecular weight excluding hydrogens is 320 g/mol. The maximum Gasteiger partial charge on any atom is 0.252 e. The molecular formula is C15H17ClN4O3. The molecule has 1 saturated heterocycles. The van der Waals surface area contributed by atoms with Gasteiger partial charge in [0.25, 0.3) is 5.91 Å². The maximum absolute atomic E-state index is 12.1. The molecule has 122 valence electrons. The van der Waals surface area contributed by atoms with Gasteiger partial charge in [-0.05, 0) is 12.1 Å². The van der Waals surface area contributed by atoms with E-state index in [2.05, 4.69) is 15.6 Å². The summed E-state index contributed by atoms with van der Waals surface area (Å²) in [5.74, 6) is -0.0418. The second-order valence-electron chi connectivity index (χ2n) is 5.29. The topological polar surface area (TPSA) is 83.0 Å². The van der Waals surface area contributed by atoms with E-state index >= 15 is 0 Å². The van der Waals surface area contributed by atoms with Crippen molar-refractivity contribution in [3.8, 4) is 0 Å². The molecule has 2 aliphatic rings. The zero-order valence-corrected chi connectivity index (χ0v) is 13.2. The van der Waals surface area contributed by atoms with E-state index in [0.717, 1.165) is 0 Å². The third kappa shape index (κ3) is 3.80. The highest BCUT2D eigenvalue weighted by Crippen LogP contribution is 2.21. The summed E-state index contributed by atoms with van der Waals surface area (Å²) in [4.78, 5) is 30.4. The zero-order chi connectivity index (χ0) is 16.2. The van der Waals surface area contributed by atoms with Crippen molar-refractivity contribution in [2.24, 2.45) is 4.99 Å². The van der Waals surface area contributed by atoms with E-state index in [1.807, 2.05) is 4.90 Å². The highest BCUT2D eigenvalue weighted by atomic mass is 35.5. The Labute approximate surface area is 138 Å². The van der Waals surface area contributed by atoms with Crippen molar-refractivity contribution in [2.75, 3.05) is 31.6 Å². The number of carbonyl (C=O) groups is 2. The van der Waals surface area contributed by atoms with Gasteiger partial charge < -0.3 is 15.0 Å². The fourth-order valence-electron chi connectivity index (χ4n) is 2.45. The number of ether oxygens (including phenoxy) is 1. The second-order valence-corrected chi connectivity index (χ2v) is 5.70. The molecule has 0 spiro atoms. The Hall–Kier alpha value is -2.12. The van der Waals surface area contributed by atoms with Crippen molar-refractivity contribution >= 4 is 35.1 Å². The number of nitrogens with one attached hydrogen (secondary N) is 2. The van der Waals surface area contributed by atoms with Crippen molar-refractivity contribution in [1.82, 2.24) is 10.2 Å². The number of carbonyl (C=O) groups excluding carboxylic acids is 2. The van der Waals surface area contributed by atoms with E-state index in [9.17, 15) is 9.59 Å². The van der Waals surface area contributed by atoms with Crippen LogP contribution >= 0.6 is 11.6 Å². The van der Waals surface area contributed by atoms with Crippen LogP contribution in [0.3, 0.4) is 0 Å². The minimum Gasteiger partial charge on any atom is -0.378 e. The molecule has 2 N–H and O–H groups in total. The lowest BCUT2D eigenvalue weighted by Gasteiger charge is -2.27. The van der Waals surface area contributed by atoms with E-state index in [-0.39, 0.29) is 18.2 Å². The van der Waals surface area contributed by atoms with Gasteiger partial charge in [0.15, 0.2) is 0 Å². The Bertz CT molecular complexity index is 643. The summed E-state index contributed by atoms with van der Waals surface area (Å²) in [6.45, 7) is 2.56. The summed E-state index contributed by atoms with van der Waals surface area (Å²) >= 11 is 6.00. The van der Waals surface area contributed by atoms with Crippen molar-refractivity contribution in [3.05, 3.63) is 29.3 Å². The molecule has 0 saturated carbocycles. The predicted octanol–water partition coefficient (Wildman–Crippen LogP) is 0.855. The molecule has 3 rings (SSSR count). The maximum atomic E-state index is 12.1. The fourth-order valence-corrected chi connectivity index (χ4v) is 2.63. The normalized spacial score (nSPS) is 20.9. The lowest BCUT2D eigenvalue weighted by molar-refractivity contribution is -0.124. The summed E-state index contributed by atoms with van der Waals surface area (Å²) in [6, 6.07) is 6.24. The average molecular weight is 337 g/mol. The molecule has 0 radical (unpaired) electrons. The molecule has 1 aromatic rings. The summed E-state index contributed by atoms with van der Waals surface area (Å²) < 4.78 is 5.27. The number of nitrogens with zero attached hydrogens (tertiary/aromatic N) is 2. The number of para-hydroxylation sites is 1. The number of hydrogen-bond acceptors (Lipinski definition) is 5. The average Bonchev–Trinajstić information content (AvgIpc) is 2.91. The van der Waals surface area contributed by atoms with Gasteiger partial charge in [-0.1, -0.05) is 23.7 Å². The Morgan fingerprint density at radius 3 is 2.87 bits per heavy atom.